The highest BCUT2D eigenvalue weighted by Gasteiger charge is 2.22. The lowest BCUT2D eigenvalue weighted by atomic mass is 9.85. The maximum absolute atomic E-state index is 6.36. The van der Waals surface area contributed by atoms with Gasteiger partial charge in [-0.2, -0.15) is 0 Å². The molecular weight excluding hydrogens is 545 g/mol. The molecule has 10 rings (SSSR count). The molecule has 0 saturated heterocycles. The van der Waals surface area contributed by atoms with Crippen molar-refractivity contribution in [2.24, 2.45) is 0 Å². The summed E-state index contributed by atoms with van der Waals surface area (Å²) in [7, 11) is 0. The van der Waals surface area contributed by atoms with Gasteiger partial charge in [-0.05, 0) is 63.0 Å². The van der Waals surface area contributed by atoms with E-state index in [0.717, 1.165) is 38.5 Å². The third-order valence-corrected chi connectivity index (χ3v) is 10.1. The van der Waals surface area contributed by atoms with Gasteiger partial charge in [0.05, 0.1) is 11.6 Å². The summed E-state index contributed by atoms with van der Waals surface area (Å²) in [6.45, 7) is 0. The molecule has 0 aliphatic rings. The summed E-state index contributed by atoms with van der Waals surface area (Å²) in [4.78, 5) is 0. The second-order valence-electron chi connectivity index (χ2n) is 11.2. The number of rotatable bonds is 2. The highest BCUT2D eigenvalue weighted by atomic mass is 32.1. The van der Waals surface area contributed by atoms with E-state index in [1.54, 1.807) is 6.26 Å². The van der Waals surface area contributed by atoms with Crippen molar-refractivity contribution in [2.45, 2.75) is 0 Å². The molecule has 0 amide bonds. The van der Waals surface area contributed by atoms with Crippen LogP contribution in [-0.2, 0) is 0 Å². The summed E-state index contributed by atoms with van der Waals surface area (Å²) in [5.41, 5.74) is 7.37. The lowest BCUT2D eigenvalue weighted by Crippen LogP contribution is -1.91. The molecule has 0 spiro atoms. The summed E-state index contributed by atoms with van der Waals surface area (Å²) in [6, 6.07) is 45.9. The Morgan fingerprint density at radius 2 is 1.05 bits per heavy atom. The van der Waals surface area contributed by atoms with E-state index >= 15 is 0 Å². The third-order valence-electron chi connectivity index (χ3n) is 8.95. The van der Waals surface area contributed by atoms with Crippen LogP contribution in [0.3, 0.4) is 0 Å². The molecule has 0 unspecified atom stereocenters. The van der Waals surface area contributed by atoms with Crippen LogP contribution in [-0.4, -0.2) is 0 Å². The average molecular weight is 567 g/mol. The van der Waals surface area contributed by atoms with E-state index in [1.165, 1.54) is 58.4 Å². The standard InChI is InChI=1S/C40H22O2S/c1-3-13-29-27(11-1)37(23-17-18-26-25-10-6-8-16-35(25)43-36(26)21-23)28-12-2-4-14-30(28)38(29)33-22-32-24-9-5-7-15-34(24)42-40(32)31-19-20-41-39(31)33/h1-22H. The van der Waals surface area contributed by atoms with E-state index in [4.69, 9.17) is 8.83 Å². The van der Waals surface area contributed by atoms with Gasteiger partial charge in [0.25, 0.3) is 0 Å². The van der Waals surface area contributed by atoms with Crippen molar-refractivity contribution in [1.29, 1.82) is 0 Å². The van der Waals surface area contributed by atoms with Crippen LogP contribution in [0.15, 0.2) is 142 Å². The molecule has 43 heavy (non-hydrogen) atoms. The first kappa shape index (κ1) is 23.2. The Bertz CT molecular complexity index is 2680. The number of fused-ring (bicyclic) bond motifs is 10. The number of hydrogen-bond donors (Lipinski definition) is 0. The number of furan rings is 2. The highest BCUT2D eigenvalue weighted by Crippen LogP contribution is 2.48. The summed E-state index contributed by atoms with van der Waals surface area (Å²) in [6.07, 6.45) is 1.78. The minimum absolute atomic E-state index is 0.848. The molecule has 200 valence electrons. The van der Waals surface area contributed by atoms with E-state index in [0.29, 0.717) is 0 Å². The Balaban J connectivity index is 1.34. The molecule has 3 aromatic heterocycles. The fourth-order valence-electron chi connectivity index (χ4n) is 7.11. The molecule has 0 bridgehead atoms. The zero-order valence-electron chi connectivity index (χ0n) is 22.9. The van der Waals surface area contributed by atoms with Crippen LogP contribution >= 0.6 is 11.3 Å². The van der Waals surface area contributed by atoms with Crippen molar-refractivity contribution < 1.29 is 8.83 Å². The summed E-state index contributed by atoms with van der Waals surface area (Å²) in [5.74, 6) is 0. The number of benzene rings is 7. The maximum atomic E-state index is 6.36. The van der Waals surface area contributed by atoms with E-state index in [-0.39, 0.29) is 0 Å². The predicted octanol–water partition coefficient (Wildman–Crippen LogP) is 12.3. The van der Waals surface area contributed by atoms with Crippen LogP contribution in [0.25, 0.3) is 96.9 Å². The molecule has 0 N–H and O–H groups in total. The lowest BCUT2D eigenvalue weighted by molar-refractivity contribution is 0.616. The van der Waals surface area contributed by atoms with E-state index in [9.17, 15) is 0 Å². The van der Waals surface area contributed by atoms with Crippen molar-refractivity contribution in [3.63, 3.8) is 0 Å². The van der Waals surface area contributed by atoms with Gasteiger partial charge in [0.2, 0.25) is 0 Å². The Labute approximate surface area is 250 Å². The first-order valence-electron chi connectivity index (χ1n) is 14.5. The lowest BCUT2D eigenvalue weighted by Gasteiger charge is -2.18. The second kappa shape index (κ2) is 8.57. The first-order chi connectivity index (χ1) is 21.3. The van der Waals surface area contributed by atoms with Crippen LogP contribution in [0.2, 0.25) is 0 Å². The molecule has 0 saturated carbocycles. The van der Waals surface area contributed by atoms with Crippen LogP contribution < -0.4 is 0 Å². The van der Waals surface area contributed by atoms with Gasteiger partial charge in [-0.1, -0.05) is 97.1 Å². The average Bonchev–Trinajstić information content (AvgIpc) is 3.78. The Morgan fingerprint density at radius 3 is 1.81 bits per heavy atom. The van der Waals surface area contributed by atoms with Crippen LogP contribution in [0.5, 0.6) is 0 Å². The fourth-order valence-corrected chi connectivity index (χ4v) is 8.26. The second-order valence-corrected chi connectivity index (χ2v) is 12.3. The monoisotopic (exact) mass is 566 g/mol. The summed E-state index contributed by atoms with van der Waals surface area (Å²) >= 11 is 1.87. The molecule has 10 aromatic rings. The van der Waals surface area contributed by atoms with E-state index in [2.05, 4.69) is 109 Å². The van der Waals surface area contributed by atoms with Crippen molar-refractivity contribution in [3.8, 4) is 22.3 Å². The Hall–Kier alpha value is -5.38. The smallest absolute Gasteiger partial charge is 0.146 e. The quantitative estimate of drug-likeness (QED) is 0.195. The maximum Gasteiger partial charge on any atom is 0.146 e. The number of para-hydroxylation sites is 1. The normalized spacial score (nSPS) is 12.2. The van der Waals surface area contributed by atoms with Gasteiger partial charge in [-0.15, -0.1) is 11.3 Å². The molecule has 2 nitrogen and oxygen atoms in total. The van der Waals surface area contributed by atoms with E-state index in [1.807, 2.05) is 29.5 Å². The number of hydrogen-bond acceptors (Lipinski definition) is 3. The Morgan fingerprint density at radius 1 is 0.419 bits per heavy atom. The van der Waals surface area contributed by atoms with Crippen LogP contribution in [0, 0.1) is 0 Å². The summed E-state index contributed by atoms with van der Waals surface area (Å²) in [5, 5.41) is 10.7. The van der Waals surface area contributed by atoms with Gasteiger partial charge in [0, 0.05) is 42.1 Å². The van der Waals surface area contributed by atoms with Gasteiger partial charge in [-0.25, -0.2) is 0 Å². The molecule has 3 heteroatoms. The zero-order valence-corrected chi connectivity index (χ0v) is 23.7. The molecule has 0 atom stereocenters. The first-order valence-corrected chi connectivity index (χ1v) is 15.3. The van der Waals surface area contributed by atoms with E-state index < -0.39 is 0 Å². The highest BCUT2D eigenvalue weighted by molar-refractivity contribution is 7.25. The SMILES string of the molecule is c1ccc2c(c1)oc1c3ccoc3c(-c3c4ccccc4c(-c4ccc5c(c4)sc4ccccc45)c4ccccc34)cc21. The van der Waals surface area contributed by atoms with Crippen LogP contribution in [0.1, 0.15) is 0 Å². The molecule has 0 aliphatic heterocycles. The fraction of sp³-hybridized carbons (Fsp3) is 0. The predicted molar refractivity (Wildman–Crippen MR) is 182 cm³/mol. The van der Waals surface area contributed by atoms with Crippen molar-refractivity contribution in [1.82, 2.24) is 0 Å². The largest absolute Gasteiger partial charge is 0.464 e. The van der Waals surface area contributed by atoms with Gasteiger partial charge in [0.15, 0.2) is 0 Å². The molecule has 0 radical (unpaired) electrons. The van der Waals surface area contributed by atoms with Crippen molar-refractivity contribution in [2.75, 3.05) is 0 Å². The molecule has 0 fully saturated rings. The molecular formula is C40H22O2S. The molecule has 3 heterocycles. The van der Waals surface area contributed by atoms with Crippen molar-refractivity contribution in [3.05, 3.63) is 134 Å². The van der Waals surface area contributed by atoms with Gasteiger partial charge >= 0.3 is 0 Å². The third kappa shape index (κ3) is 3.17. The van der Waals surface area contributed by atoms with Crippen LogP contribution in [0.4, 0.5) is 0 Å². The van der Waals surface area contributed by atoms with Crippen molar-refractivity contribution >= 4 is 86.0 Å². The topological polar surface area (TPSA) is 26.3 Å². The zero-order chi connectivity index (χ0) is 28.1. The van der Waals surface area contributed by atoms with Gasteiger partial charge in [0.1, 0.15) is 16.7 Å². The molecule has 7 aromatic carbocycles. The minimum atomic E-state index is 0.848. The molecule has 0 aliphatic carbocycles. The minimum Gasteiger partial charge on any atom is -0.464 e. The van der Waals surface area contributed by atoms with Gasteiger partial charge in [-0.3, -0.25) is 0 Å². The summed E-state index contributed by atoms with van der Waals surface area (Å²) < 4.78 is 15.2. The Kier molecular flexibility index (Phi) is 4.63. The number of thiophene rings is 1. The van der Waals surface area contributed by atoms with Gasteiger partial charge < -0.3 is 8.83 Å².